The van der Waals surface area contributed by atoms with Gasteiger partial charge >= 0.3 is 0 Å². The SMILES string of the molecule is CC(C)(C)n1c2ccccc2c2ccccc21.CC(C)(C)n1ccc2ccccc21.CC(C)(C)n1cccc1.CC(C)(C)n1cccn1.CC(C)(C)n1ccnc1. The zero-order chi connectivity index (χ0) is 42.2. The lowest BCUT2D eigenvalue weighted by molar-refractivity contribution is 0.355. The second-order valence-electron chi connectivity index (χ2n) is 19.5. The highest BCUT2D eigenvalue weighted by molar-refractivity contribution is 6.08. The minimum Gasteiger partial charge on any atom is -0.349 e. The minimum absolute atomic E-state index is 0.0999. The van der Waals surface area contributed by atoms with Crippen molar-refractivity contribution in [2.24, 2.45) is 0 Å². The summed E-state index contributed by atoms with van der Waals surface area (Å²) in [4.78, 5) is 3.95. The first-order chi connectivity index (χ1) is 26.5. The second kappa shape index (κ2) is 17.9. The van der Waals surface area contributed by atoms with Crippen LogP contribution in [-0.4, -0.2) is 33.0 Å². The van der Waals surface area contributed by atoms with Crippen LogP contribution in [0.25, 0.3) is 32.7 Å². The summed E-state index contributed by atoms with van der Waals surface area (Å²) in [5.41, 5.74) is 4.77. The van der Waals surface area contributed by atoms with Crippen molar-refractivity contribution in [2.45, 2.75) is 132 Å². The van der Waals surface area contributed by atoms with E-state index in [4.69, 9.17) is 0 Å². The lowest BCUT2D eigenvalue weighted by atomic mass is 10.1. The fourth-order valence-corrected chi connectivity index (χ4v) is 6.42. The molecule has 0 aliphatic heterocycles. The third-order valence-corrected chi connectivity index (χ3v) is 9.42. The van der Waals surface area contributed by atoms with E-state index in [0.717, 1.165) is 0 Å². The molecule has 7 heteroatoms. The topological polar surface area (TPSA) is 50.4 Å². The lowest BCUT2D eigenvalue weighted by Crippen LogP contribution is -2.21. The molecule has 5 aromatic heterocycles. The number of nitrogens with zero attached hydrogens (tertiary/aromatic N) is 7. The first-order valence-corrected chi connectivity index (χ1v) is 20.2. The summed E-state index contributed by atoms with van der Waals surface area (Å²) in [6, 6.07) is 34.0. The minimum atomic E-state index is 0.0999. The van der Waals surface area contributed by atoms with Gasteiger partial charge in [-0.25, -0.2) is 4.98 Å². The quantitative estimate of drug-likeness (QED) is 0.154. The van der Waals surface area contributed by atoms with Crippen molar-refractivity contribution in [3.05, 3.63) is 147 Å². The number of hydrogen-bond donors (Lipinski definition) is 0. The Balaban J connectivity index is 0.000000163. The van der Waals surface area contributed by atoms with Crippen LogP contribution in [0.5, 0.6) is 0 Å². The Bertz CT molecular complexity index is 2190. The molecule has 8 rings (SSSR count). The van der Waals surface area contributed by atoms with Crippen LogP contribution < -0.4 is 0 Å². The third-order valence-electron chi connectivity index (χ3n) is 9.42. The summed E-state index contributed by atoms with van der Waals surface area (Å²) in [6.07, 6.45) is 15.7. The summed E-state index contributed by atoms with van der Waals surface area (Å²) in [7, 11) is 0. The maximum atomic E-state index is 4.10. The largest absolute Gasteiger partial charge is 0.349 e. The molecule has 0 N–H and O–H groups in total. The molecule has 57 heavy (non-hydrogen) atoms. The van der Waals surface area contributed by atoms with Gasteiger partial charge in [0.15, 0.2) is 0 Å². The molecule has 0 unspecified atom stereocenters. The zero-order valence-electron chi connectivity index (χ0n) is 37.5. The van der Waals surface area contributed by atoms with E-state index in [0.29, 0.717) is 0 Å². The van der Waals surface area contributed by atoms with E-state index < -0.39 is 0 Å². The maximum Gasteiger partial charge on any atom is 0.0950 e. The molecule has 0 fully saturated rings. The summed E-state index contributed by atoms with van der Waals surface area (Å²) in [5.74, 6) is 0. The third kappa shape index (κ3) is 12.1. The van der Waals surface area contributed by atoms with Crippen molar-refractivity contribution < 1.29 is 0 Å². The molecule has 0 bridgehead atoms. The highest BCUT2D eigenvalue weighted by Crippen LogP contribution is 2.33. The van der Waals surface area contributed by atoms with Gasteiger partial charge in [0.25, 0.3) is 0 Å². The number of hydrogen-bond acceptors (Lipinski definition) is 2. The number of benzene rings is 3. The molecule has 0 saturated heterocycles. The average molecular weight is 768 g/mol. The van der Waals surface area contributed by atoms with Gasteiger partial charge in [-0.2, -0.15) is 5.10 Å². The molecule has 0 atom stereocenters. The maximum absolute atomic E-state index is 4.10. The second-order valence-corrected chi connectivity index (χ2v) is 19.5. The molecule has 7 nitrogen and oxygen atoms in total. The molecule has 304 valence electrons. The van der Waals surface area contributed by atoms with Gasteiger partial charge in [-0.3, -0.25) is 4.68 Å². The normalized spacial score (nSPS) is 12.1. The molecular weight excluding hydrogens is 699 g/mol. The van der Waals surface area contributed by atoms with Gasteiger partial charge in [-0.05, 0) is 152 Å². The number of para-hydroxylation sites is 3. The van der Waals surface area contributed by atoms with Crippen molar-refractivity contribution >= 4 is 32.7 Å². The van der Waals surface area contributed by atoms with Gasteiger partial charge < -0.3 is 18.3 Å². The molecule has 0 aliphatic carbocycles. The highest BCUT2D eigenvalue weighted by atomic mass is 15.3. The molecule has 0 amide bonds. The fraction of sp³-hybridized carbons (Fsp3) is 0.400. The van der Waals surface area contributed by atoms with Crippen LogP contribution in [0.1, 0.15) is 104 Å². The van der Waals surface area contributed by atoms with Crippen molar-refractivity contribution in [1.29, 1.82) is 0 Å². The van der Waals surface area contributed by atoms with Gasteiger partial charge in [0, 0.05) is 92.9 Å². The number of aromatic nitrogens is 7. The molecule has 0 saturated carbocycles. The fourth-order valence-electron chi connectivity index (χ4n) is 6.42. The van der Waals surface area contributed by atoms with Crippen LogP contribution in [-0.2, 0) is 27.7 Å². The Labute approximate surface area is 343 Å². The molecule has 0 radical (unpaired) electrons. The van der Waals surface area contributed by atoms with E-state index in [9.17, 15) is 0 Å². The van der Waals surface area contributed by atoms with Gasteiger partial charge in [0.2, 0.25) is 0 Å². The Hall–Kier alpha value is -5.30. The van der Waals surface area contributed by atoms with Crippen LogP contribution in [0.2, 0.25) is 0 Å². The Morgan fingerprint density at radius 3 is 1.26 bits per heavy atom. The predicted octanol–water partition coefficient (Wildman–Crippen LogP) is 13.5. The van der Waals surface area contributed by atoms with Crippen molar-refractivity contribution in [3.63, 3.8) is 0 Å². The van der Waals surface area contributed by atoms with Crippen LogP contribution in [0, 0.1) is 0 Å². The summed E-state index contributed by atoms with van der Waals surface area (Å²) >= 11 is 0. The molecular formula is C50H69N7. The molecule has 5 heterocycles. The van der Waals surface area contributed by atoms with E-state index in [2.05, 4.69) is 230 Å². The highest BCUT2D eigenvalue weighted by Gasteiger charge is 2.20. The number of imidazole rings is 1. The number of rotatable bonds is 0. The first kappa shape index (κ1) is 44.4. The Morgan fingerprint density at radius 1 is 0.386 bits per heavy atom. The summed E-state index contributed by atoms with van der Waals surface area (Å²) < 4.78 is 10.9. The van der Waals surface area contributed by atoms with Gasteiger partial charge in [0.05, 0.1) is 11.9 Å². The van der Waals surface area contributed by atoms with Gasteiger partial charge in [-0.15, -0.1) is 0 Å². The van der Waals surface area contributed by atoms with Crippen LogP contribution in [0.15, 0.2) is 147 Å². The Kier molecular flexibility index (Phi) is 13.9. The van der Waals surface area contributed by atoms with E-state index in [1.807, 2.05) is 41.6 Å². The molecule has 0 spiro atoms. The van der Waals surface area contributed by atoms with E-state index >= 15 is 0 Å². The van der Waals surface area contributed by atoms with Crippen LogP contribution in [0.3, 0.4) is 0 Å². The van der Waals surface area contributed by atoms with Crippen molar-refractivity contribution in [2.75, 3.05) is 0 Å². The standard InChI is InChI=1S/C16H17N.C12H15N.C8H13N.2C7H12N2/c1-16(2,3)17-14-10-6-4-8-12(14)13-9-5-7-11-15(13)17;1-12(2,3)13-9-8-10-6-4-5-7-11(10)13;1-8(2,3)9-6-4-5-7-9;1-7(2,3)9-5-4-8-6-9;1-7(2,3)9-6-4-5-8-9/h4-11H,1-3H3;4-9H,1-3H3;4-7H,1-3H3;2*4-6H,1-3H3. The lowest BCUT2D eigenvalue weighted by Gasteiger charge is -2.24. The van der Waals surface area contributed by atoms with Gasteiger partial charge in [0.1, 0.15) is 0 Å². The van der Waals surface area contributed by atoms with E-state index in [-0.39, 0.29) is 27.7 Å². The zero-order valence-corrected chi connectivity index (χ0v) is 37.5. The van der Waals surface area contributed by atoms with Crippen molar-refractivity contribution in [3.8, 4) is 0 Å². The predicted molar refractivity (Wildman–Crippen MR) is 245 cm³/mol. The first-order valence-electron chi connectivity index (χ1n) is 20.2. The van der Waals surface area contributed by atoms with Crippen molar-refractivity contribution in [1.82, 2.24) is 33.0 Å². The molecule has 8 aromatic rings. The molecule has 3 aromatic carbocycles. The molecule has 0 aliphatic rings. The van der Waals surface area contributed by atoms with E-state index in [1.165, 1.54) is 32.7 Å². The summed E-state index contributed by atoms with van der Waals surface area (Å²) in [6.45, 7) is 32.8. The van der Waals surface area contributed by atoms with E-state index in [1.54, 1.807) is 12.4 Å². The van der Waals surface area contributed by atoms with Crippen LogP contribution >= 0.6 is 0 Å². The van der Waals surface area contributed by atoms with Gasteiger partial charge in [-0.1, -0.05) is 54.6 Å². The smallest absolute Gasteiger partial charge is 0.0950 e. The van der Waals surface area contributed by atoms with Crippen LogP contribution in [0.4, 0.5) is 0 Å². The number of fused-ring (bicyclic) bond motifs is 4. The Morgan fingerprint density at radius 2 is 0.895 bits per heavy atom. The monoisotopic (exact) mass is 768 g/mol. The summed E-state index contributed by atoms with van der Waals surface area (Å²) in [5, 5.41) is 8.11. The average Bonchev–Trinajstić information content (AvgIpc) is 3.97.